The summed E-state index contributed by atoms with van der Waals surface area (Å²) < 4.78 is 12.7. The van der Waals surface area contributed by atoms with Gasteiger partial charge in [-0.15, -0.1) is 5.10 Å². The smallest absolute Gasteiger partial charge is 0.242 e. The number of fused-ring (bicyclic) bond motifs is 2. The minimum atomic E-state index is -0.339. The molecule has 2 bridgehead atoms. The van der Waals surface area contributed by atoms with Gasteiger partial charge in [0.15, 0.2) is 11.6 Å². The lowest BCUT2D eigenvalue weighted by Gasteiger charge is -2.34. The highest BCUT2D eigenvalue weighted by Gasteiger charge is 2.36. The lowest BCUT2D eigenvalue weighted by atomic mass is 10.1. The highest BCUT2D eigenvalue weighted by atomic mass is 16.5. The highest BCUT2D eigenvalue weighted by Crippen LogP contribution is 2.29. The molecule has 1 aromatic carbocycles. The summed E-state index contributed by atoms with van der Waals surface area (Å²) in [6.07, 6.45) is 5.33. The topological polar surface area (TPSA) is 94.4 Å². The largest absolute Gasteiger partial charge is 0.497 e. The summed E-state index contributed by atoms with van der Waals surface area (Å²) >= 11 is 0. The molecule has 2 fully saturated rings. The second-order valence-electron chi connectivity index (χ2n) is 10.9. The third-order valence-corrected chi connectivity index (χ3v) is 6.91. The number of hydrogen-bond donors (Lipinski definition) is 1. The summed E-state index contributed by atoms with van der Waals surface area (Å²) in [6.45, 7) is 8.64. The summed E-state index contributed by atoms with van der Waals surface area (Å²) in [7, 11) is 1.63. The fourth-order valence-corrected chi connectivity index (χ4v) is 5.17. The van der Waals surface area contributed by atoms with Gasteiger partial charge in [-0.3, -0.25) is 14.7 Å². The number of nitrogens with one attached hydrogen (secondary N) is 1. The van der Waals surface area contributed by atoms with Gasteiger partial charge in [-0.2, -0.15) is 0 Å². The molecule has 5 rings (SSSR count). The normalized spacial score (nSPS) is 19.7. The Bertz CT molecular complexity index is 1220. The summed E-state index contributed by atoms with van der Waals surface area (Å²) in [6, 6.07) is 12.8. The molecule has 2 atom stereocenters. The van der Waals surface area contributed by atoms with Gasteiger partial charge in [0, 0.05) is 35.9 Å². The van der Waals surface area contributed by atoms with Crippen molar-refractivity contribution < 1.29 is 14.3 Å². The first-order valence-electron chi connectivity index (χ1n) is 13.0. The molecular formula is C28H36N6O3. The van der Waals surface area contributed by atoms with Crippen LogP contribution < -0.4 is 10.1 Å². The molecule has 9 heteroatoms. The molecule has 0 spiro atoms. The number of rotatable bonds is 8. The van der Waals surface area contributed by atoms with E-state index in [0.29, 0.717) is 35.2 Å². The number of carbonyl (C=O) groups is 1. The molecule has 196 valence electrons. The molecule has 3 aromatic rings. The summed E-state index contributed by atoms with van der Waals surface area (Å²) in [5.41, 5.74) is 2.34. The van der Waals surface area contributed by atoms with Crippen molar-refractivity contribution >= 4 is 5.91 Å². The van der Waals surface area contributed by atoms with Gasteiger partial charge < -0.3 is 14.8 Å². The first-order chi connectivity index (χ1) is 17.8. The van der Waals surface area contributed by atoms with Gasteiger partial charge in [0.2, 0.25) is 5.91 Å². The summed E-state index contributed by atoms with van der Waals surface area (Å²) in [5.74, 6) is 1.66. The Morgan fingerprint density at radius 2 is 1.95 bits per heavy atom. The average Bonchev–Trinajstić information content (AvgIpc) is 3.38. The lowest BCUT2D eigenvalue weighted by molar-refractivity contribution is -0.123. The standard InChI is InChI=1S/C28H36N6O3/c1-28(2,3)31-25(35)16-34-27(20-6-5-7-23(14-20)36-4)30-26(32-34)24-11-8-19(15-29-24)12-13-33-21-9-10-22(33)18-37-17-21/h5-8,11,14-15,21-22H,9-10,12-13,16-18H2,1-4H3,(H,31,35). The van der Waals surface area contributed by atoms with Crippen LogP contribution >= 0.6 is 0 Å². The molecule has 1 N–H and O–H groups in total. The van der Waals surface area contributed by atoms with E-state index in [2.05, 4.69) is 26.4 Å². The molecule has 2 aliphatic heterocycles. The monoisotopic (exact) mass is 504 g/mol. The van der Waals surface area contributed by atoms with Crippen molar-refractivity contribution in [3.05, 3.63) is 48.2 Å². The number of ether oxygens (including phenoxy) is 2. The second-order valence-corrected chi connectivity index (χ2v) is 10.9. The maximum absolute atomic E-state index is 12.7. The second kappa shape index (κ2) is 10.6. The third-order valence-electron chi connectivity index (χ3n) is 6.91. The zero-order valence-electron chi connectivity index (χ0n) is 22.1. The fraction of sp³-hybridized carbons (Fsp3) is 0.500. The molecule has 2 aromatic heterocycles. The van der Waals surface area contributed by atoms with Crippen LogP contribution in [0.4, 0.5) is 0 Å². The molecule has 2 unspecified atom stereocenters. The average molecular weight is 505 g/mol. The highest BCUT2D eigenvalue weighted by molar-refractivity contribution is 5.77. The van der Waals surface area contributed by atoms with E-state index in [1.54, 1.807) is 11.8 Å². The van der Waals surface area contributed by atoms with Crippen molar-refractivity contribution in [3.63, 3.8) is 0 Å². The van der Waals surface area contributed by atoms with Crippen LogP contribution in [-0.4, -0.2) is 75.0 Å². The van der Waals surface area contributed by atoms with E-state index in [0.717, 1.165) is 31.7 Å². The molecule has 0 saturated carbocycles. The molecule has 0 aliphatic carbocycles. The van der Waals surface area contributed by atoms with Crippen molar-refractivity contribution in [1.82, 2.24) is 30.0 Å². The van der Waals surface area contributed by atoms with Gasteiger partial charge >= 0.3 is 0 Å². The van der Waals surface area contributed by atoms with Gasteiger partial charge in [0.05, 0.1) is 20.3 Å². The van der Waals surface area contributed by atoms with Gasteiger partial charge in [0.1, 0.15) is 18.0 Å². The van der Waals surface area contributed by atoms with Crippen molar-refractivity contribution in [2.24, 2.45) is 0 Å². The van der Waals surface area contributed by atoms with Crippen molar-refractivity contribution in [1.29, 1.82) is 0 Å². The van der Waals surface area contributed by atoms with E-state index < -0.39 is 0 Å². The van der Waals surface area contributed by atoms with E-state index in [-0.39, 0.29) is 18.0 Å². The minimum Gasteiger partial charge on any atom is -0.497 e. The SMILES string of the molecule is COc1cccc(-c2nc(-c3ccc(CCN4C5CCC4COC5)cn3)nn2CC(=O)NC(C)(C)C)c1. The maximum atomic E-state index is 12.7. The molecule has 0 radical (unpaired) electrons. The van der Waals surface area contributed by atoms with E-state index >= 15 is 0 Å². The molecule has 2 aliphatic rings. The third kappa shape index (κ3) is 5.99. The number of nitrogens with zero attached hydrogens (tertiary/aromatic N) is 5. The van der Waals surface area contributed by atoms with E-state index in [1.165, 1.54) is 18.4 Å². The quantitative estimate of drug-likeness (QED) is 0.503. The van der Waals surface area contributed by atoms with Crippen molar-refractivity contribution in [2.75, 3.05) is 26.9 Å². The van der Waals surface area contributed by atoms with Gasteiger partial charge in [-0.1, -0.05) is 18.2 Å². The Hall–Kier alpha value is -3.30. The molecule has 9 nitrogen and oxygen atoms in total. The van der Waals surface area contributed by atoms with Crippen molar-refractivity contribution in [3.8, 4) is 28.7 Å². The zero-order valence-corrected chi connectivity index (χ0v) is 22.1. The Morgan fingerprint density at radius 1 is 1.16 bits per heavy atom. The minimum absolute atomic E-state index is 0.0524. The van der Waals surface area contributed by atoms with Gasteiger partial charge in [-0.25, -0.2) is 9.67 Å². The Kier molecular flexibility index (Phi) is 7.26. The van der Waals surface area contributed by atoms with Crippen LogP contribution in [0.25, 0.3) is 22.9 Å². The van der Waals surface area contributed by atoms with Crippen LogP contribution in [0.15, 0.2) is 42.6 Å². The number of amides is 1. The zero-order chi connectivity index (χ0) is 26.0. The van der Waals surface area contributed by atoms with Gasteiger partial charge in [0.25, 0.3) is 0 Å². The van der Waals surface area contributed by atoms with Crippen LogP contribution in [0.5, 0.6) is 5.75 Å². The van der Waals surface area contributed by atoms with Crippen LogP contribution in [0.1, 0.15) is 39.2 Å². The Labute approximate surface area is 218 Å². The molecule has 4 heterocycles. The molecule has 1 amide bonds. The summed E-state index contributed by atoms with van der Waals surface area (Å²) in [4.78, 5) is 24.8. The lowest BCUT2D eigenvalue weighted by Crippen LogP contribution is -2.46. The number of methoxy groups -OCH3 is 1. The maximum Gasteiger partial charge on any atom is 0.242 e. The van der Waals surface area contributed by atoms with E-state index in [1.807, 2.05) is 57.3 Å². The number of benzene rings is 1. The van der Waals surface area contributed by atoms with Crippen LogP contribution in [0.3, 0.4) is 0 Å². The fourth-order valence-electron chi connectivity index (χ4n) is 5.17. The van der Waals surface area contributed by atoms with E-state index in [4.69, 9.17) is 14.5 Å². The van der Waals surface area contributed by atoms with E-state index in [9.17, 15) is 4.79 Å². The number of morpholine rings is 1. The van der Waals surface area contributed by atoms with Crippen LogP contribution in [-0.2, 0) is 22.5 Å². The Balaban J connectivity index is 1.35. The molecule has 2 saturated heterocycles. The number of hydrogen-bond acceptors (Lipinski definition) is 7. The number of pyridine rings is 1. The van der Waals surface area contributed by atoms with Crippen LogP contribution in [0.2, 0.25) is 0 Å². The predicted molar refractivity (Wildman–Crippen MR) is 141 cm³/mol. The molecule has 37 heavy (non-hydrogen) atoms. The number of carbonyl (C=O) groups excluding carboxylic acids is 1. The van der Waals surface area contributed by atoms with Crippen molar-refractivity contribution in [2.45, 2.75) is 64.2 Å². The number of aromatic nitrogens is 4. The first kappa shape index (κ1) is 25.4. The Morgan fingerprint density at radius 3 is 2.62 bits per heavy atom. The first-order valence-corrected chi connectivity index (χ1v) is 13.0. The molecular weight excluding hydrogens is 468 g/mol. The summed E-state index contributed by atoms with van der Waals surface area (Å²) in [5, 5.41) is 7.68. The van der Waals surface area contributed by atoms with Crippen LogP contribution in [0, 0.1) is 0 Å². The van der Waals surface area contributed by atoms with Gasteiger partial charge in [-0.05, 0) is 63.8 Å². The predicted octanol–water partition coefficient (Wildman–Crippen LogP) is 3.34.